The average Bonchev–Trinajstić information content (AvgIpc) is 3.96. The standard InChI is InChI=1S/C21H23BN4OS.C20H20BN4OS.CH4.2H2S.4W/c1-9(2)19(22)25-17-15(20-23-13-7-6-10(3)8-14(13)24-20)21(27)26-16-11(4)12(5)28-18(16)17;1-9(2)18(21)24-16-14(19-22-12-7-5-6-8-13(12)23-19)20(26)25-15-10(3)11(4)27-17(15)16;;;;;;;/h6-9,19H,1-5H3,(H,23,24)(H2,25,26,27);5,7-9,18H,1-4H3,(H,22,23)(H2,24,25,26);1H4;2*1H2;;;;/q;-1;;;;;;;/i3D;;1D;;;;;;. The van der Waals surface area contributed by atoms with Crippen molar-refractivity contribution in [3.05, 3.63) is 89.6 Å². The number of aryl methyl sites for hydroxylation is 5. The summed E-state index contributed by atoms with van der Waals surface area (Å²) < 4.78 is 15.3. The van der Waals surface area contributed by atoms with Gasteiger partial charge in [0.05, 0.1) is 58.5 Å². The molecular weight excluding hydrogens is 1530 g/mol. The van der Waals surface area contributed by atoms with Gasteiger partial charge in [0.15, 0.2) is 0 Å². The number of nitrogens with one attached hydrogen (secondary N) is 6. The number of benzene rings is 2. The minimum absolute atomic E-state index is 0. The number of hydrogen-bond acceptors (Lipinski definition) is 8. The van der Waals surface area contributed by atoms with Gasteiger partial charge in [0.25, 0.3) is 11.1 Å². The van der Waals surface area contributed by atoms with Crippen molar-refractivity contribution in [2.24, 2.45) is 11.8 Å². The van der Waals surface area contributed by atoms with Crippen molar-refractivity contribution in [2.75, 3.05) is 10.6 Å². The van der Waals surface area contributed by atoms with Crippen LogP contribution in [-0.2, 0) is 84.3 Å². The van der Waals surface area contributed by atoms with E-state index in [1.165, 1.54) is 7.40 Å². The summed E-state index contributed by atoms with van der Waals surface area (Å²) in [6.07, 6.45) is 0. The Morgan fingerprint density at radius 3 is 1.60 bits per heavy atom. The van der Waals surface area contributed by atoms with E-state index in [0.717, 1.165) is 74.6 Å². The molecular formula is C42H51B2N8O2S4W4-. The molecule has 6 heterocycles. The number of anilines is 2. The predicted octanol–water partition coefficient (Wildman–Crippen LogP) is 9.58. The largest absolute Gasteiger partial charge is 0.389 e. The molecule has 62 heavy (non-hydrogen) atoms. The van der Waals surface area contributed by atoms with Gasteiger partial charge in [-0.3, -0.25) is 14.6 Å². The van der Waals surface area contributed by atoms with E-state index >= 15 is 0 Å². The van der Waals surface area contributed by atoms with Gasteiger partial charge in [0.2, 0.25) is 0 Å². The zero-order valence-electron chi connectivity index (χ0n) is 37.8. The van der Waals surface area contributed by atoms with Crippen LogP contribution >= 0.6 is 49.7 Å². The monoisotopic (exact) mass is 1590 g/mol. The number of nitrogens with zero attached hydrogens (tertiary/aromatic N) is 2. The number of hydrogen-bond donors (Lipinski definition) is 6. The minimum atomic E-state index is -0.305. The zero-order chi connectivity index (χ0) is 42.2. The molecule has 0 aliphatic heterocycles. The summed E-state index contributed by atoms with van der Waals surface area (Å²) in [7, 11) is 13.9. The van der Waals surface area contributed by atoms with E-state index in [-0.39, 0.29) is 153 Å². The molecule has 8 aromatic rings. The average molecular weight is 1590 g/mol. The molecule has 4 radical (unpaired) electrons. The third-order valence-corrected chi connectivity index (χ3v) is 12.5. The molecule has 326 valence electrons. The van der Waals surface area contributed by atoms with Crippen molar-refractivity contribution in [3.8, 4) is 22.8 Å². The first-order valence-electron chi connectivity index (χ1n) is 19.9. The third-order valence-electron chi connectivity index (χ3n) is 10.1. The van der Waals surface area contributed by atoms with E-state index in [4.69, 9.17) is 18.4 Å². The van der Waals surface area contributed by atoms with Gasteiger partial charge >= 0.3 is 0 Å². The summed E-state index contributed by atoms with van der Waals surface area (Å²) >= 11 is 3.28. The van der Waals surface area contributed by atoms with Crippen molar-refractivity contribution >= 4 is 119 Å². The Kier molecular flexibility index (Phi) is 22.6. The van der Waals surface area contributed by atoms with Gasteiger partial charge in [-0.1, -0.05) is 41.2 Å². The summed E-state index contributed by atoms with van der Waals surface area (Å²) in [6.45, 7) is 16.5. The topological polar surface area (TPSA) is 147 Å². The molecule has 2 atom stereocenters. The number of thiophene rings is 2. The van der Waals surface area contributed by atoms with Crippen LogP contribution < -0.4 is 21.8 Å². The molecule has 6 aromatic heterocycles. The number of imidazole rings is 2. The third kappa shape index (κ3) is 12.0. The predicted molar refractivity (Wildman–Crippen MR) is 261 cm³/mol. The fourth-order valence-electron chi connectivity index (χ4n) is 6.30. The molecule has 0 saturated heterocycles. The fraction of sp³-hybridized carbons (Fsp3) is 0.333. The molecule has 8 rings (SSSR count). The van der Waals surface area contributed by atoms with Gasteiger partial charge in [0.1, 0.15) is 22.8 Å². The maximum atomic E-state index is 13.1. The first kappa shape index (κ1) is 56.5. The SMILES string of the molecule is S.S.[2H]C.[2H]Cc1ccc2nc(-c3c(NC([B])C(C)C)c4sc(C)c(C)c4[nH]c3=O)[nH]c2c1.[B]C(Nc1c(-c2nc3c[c-]ccc3[nH]2)c(=O)[nH]c2c(C)c(C)sc12)C(C)C.[W].[W].[W].[W]. The van der Waals surface area contributed by atoms with Crippen LogP contribution in [0.1, 0.15) is 64.3 Å². The van der Waals surface area contributed by atoms with Crippen LogP contribution in [0, 0.1) is 52.5 Å². The second-order valence-corrected chi connectivity index (χ2v) is 17.1. The number of fused-ring (bicyclic) bond motifs is 4. The molecule has 0 bridgehead atoms. The molecule has 0 spiro atoms. The van der Waals surface area contributed by atoms with Crippen LogP contribution in [0.3, 0.4) is 0 Å². The Labute approximate surface area is 448 Å². The van der Waals surface area contributed by atoms with Crippen molar-refractivity contribution in [1.82, 2.24) is 29.9 Å². The Morgan fingerprint density at radius 2 is 1.16 bits per heavy atom. The van der Waals surface area contributed by atoms with Crippen molar-refractivity contribution in [3.63, 3.8) is 0 Å². The Balaban J connectivity index is 0.00000110. The van der Waals surface area contributed by atoms with Crippen LogP contribution in [0.25, 0.3) is 65.3 Å². The van der Waals surface area contributed by atoms with Crippen molar-refractivity contribution < 1.29 is 87.0 Å². The van der Waals surface area contributed by atoms with Crippen molar-refractivity contribution in [2.45, 2.75) is 81.6 Å². The number of pyridine rings is 2. The minimum Gasteiger partial charge on any atom is -0.389 e. The summed E-state index contributed by atoms with van der Waals surface area (Å²) in [4.78, 5) is 50.4. The van der Waals surface area contributed by atoms with Crippen molar-refractivity contribution in [1.29, 1.82) is 0 Å². The zero-order valence-corrected chi connectivity index (χ0v) is 51.2. The molecule has 2 aromatic carbocycles. The first-order valence-corrected chi connectivity index (χ1v) is 19.8. The Bertz CT molecular complexity index is 2870. The van der Waals surface area contributed by atoms with E-state index in [1.807, 2.05) is 78.8 Å². The van der Waals surface area contributed by atoms with E-state index in [2.05, 4.69) is 53.5 Å². The van der Waals surface area contributed by atoms with Gasteiger partial charge in [-0.2, -0.15) is 39.1 Å². The van der Waals surface area contributed by atoms with Crippen LogP contribution in [0.2, 0.25) is 0 Å². The number of rotatable bonds is 8. The molecule has 6 N–H and O–H groups in total. The number of aromatic amines is 4. The summed E-state index contributed by atoms with van der Waals surface area (Å²) in [5, 5.41) is 6.76. The smallest absolute Gasteiger partial charge is 0.261 e. The molecule has 0 saturated carbocycles. The van der Waals surface area contributed by atoms with E-state index in [1.54, 1.807) is 28.7 Å². The second kappa shape index (κ2) is 24.8. The van der Waals surface area contributed by atoms with Gasteiger partial charge in [-0.05, 0) is 98.2 Å². The molecule has 20 heteroatoms. The normalized spacial score (nSPS) is 11.8. The first-order chi connectivity index (χ1) is 27.7. The number of aromatic nitrogens is 6. The van der Waals surface area contributed by atoms with Crippen LogP contribution in [0.4, 0.5) is 11.4 Å². The fourth-order valence-corrected chi connectivity index (χ4v) is 8.56. The van der Waals surface area contributed by atoms with Crippen LogP contribution in [0.5, 0.6) is 0 Å². The van der Waals surface area contributed by atoms with Gasteiger partial charge in [0, 0.05) is 96.8 Å². The van der Waals surface area contributed by atoms with Gasteiger partial charge in [-0.25, -0.2) is 4.98 Å². The quantitative estimate of drug-likeness (QED) is 0.0661. The van der Waals surface area contributed by atoms with Crippen LogP contribution in [-0.4, -0.2) is 57.5 Å². The van der Waals surface area contributed by atoms with Crippen LogP contribution in [0.15, 0.2) is 46.0 Å². The van der Waals surface area contributed by atoms with E-state index in [0.29, 0.717) is 28.5 Å². The van der Waals surface area contributed by atoms with E-state index in [9.17, 15) is 9.59 Å². The molecule has 0 fully saturated rings. The molecule has 2 unspecified atom stereocenters. The molecule has 10 nitrogen and oxygen atoms in total. The molecule has 0 amide bonds. The van der Waals surface area contributed by atoms with E-state index < -0.39 is 0 Å². The molecule has 0 aliphatic carbocycles. The maximum Gasteiger partial charge on any atom is 0.261 e. The number of H-pyrrole nitrogens is 4. The Hall–Kier alpha value is -1.62. The van der Waals surface area contributed by atoms with Gasteiger partial charge < -0.3 is 30.6 Å². The summed E-state index contributed by atoms with van der Waals surface area (Å²) in [6, 6.07) is 14.2. The molecule has 0 aliphatic rings. The maximum absolute atomic E-state index is 13.1. The Morgan fingerprint density at radius 1 is 0.710 bits per heavy atom. The summed E-state index contributed by atoms with van der Waals surface area (Å²) in [5.74, 6) is 0.825. The van der Waals surface area contributed by atoms with Gasteiger partial charge in [-0.15, -0.1) is 34.8 Å². The summed E-state index contributed by atoms with van der Waals surface area (Å²) in [5.41, 5.74) is 9.92. The second-order valence-electron chi connectivity index (χ2n) is 14.7.